The number of unbranched alkanes of at least 4 members (excludes halogenated alkanes) is 1. The quantitative estimate of drug-likeness (QED) is 0.448. The summed E-state index contributed by atoms with van der Waals surface area (Å²) in [5, 5.41) is 3.39. The summed E-state index contributed by atoms with van der Waals surface area (Å²) in [6, 6.07) is 6.27. The Hall–Kier alpha value is -0.980. The molecule has 1 N–H and O–H groups in total. The summed E-state index contributed by atoms with van der Waals surface area (Å²) in [6.45, 7) is 6.02. The van der Waals surface area contributed by atoms with E-state index in [1.54, 1.807) is 7.11 Å². The third-order valence-electron chi connectivity index (χ3n) is 3.34. The van der Waals surface area contributed by atoms with Gasteiger partial charge in [0.15, 0.2) is 5.96 Å². The van der Waals surface area contributed by atoms with Gasteiger partial charge in [0.25, 0.3) is 0 Å². The van der Waals surface area contributed by atoms with Crippen molar-refractivity contribution in [2.24, 2.45) is 4.99 Å². The van der Waals surface area contributed by atoms with Crippen molar-refractivity contribution in [2.45, 2.75) is 33.2 Å². The highest BCUT2D eigenvalue weighted by molar-refractivity contribution is 14.0. The van der Waals surface area contributed by atoms with Crippen molar-refractivity contribution >= 4 is 29.9 Å². The van der Waals surface area contributed by atoms with E-state index in [1.807, 2.05) is 14.0 Å². The summed E-state index contributed by atoms with van der Waals surface area (Å²) >= 11 is 0. The van der Waals surface area contributed by atoms with Gasteiger partial charge in [-0.15, -0.1) is 24.0 Å². The number of aliphatic imine (C=N–C) groups is 1. The maximum Gasteiger partial charge on any atom is 0.193 e. The summed E-state index contributed by atoms with van der Waals surface area (Å²) in [7, 11) is 5.60. The van der Waals surface area contributed by atoms with Gasteiger partial charge in [-0.2, -0.15) is 0 Å². The van der Waals surface area contributed by atoms with Crippen LogP contribution in [0.3, 0.4) is 0 Å². The van der Waals surface area contributed by atoms with Crippen LogP contribution in [0, 0.1) is 6.92 Å². The highest BCUT2D eigenvalue weighted by Gasteiger charge is 2.06. The van der Waals surface area contributed by atoms with Gasteiger partial charge in [-0.3, -0.25) is 4.99 Å². The second-order valence-electron chi connectivity index (χ2n) is 4.98. The van der Waals surface area contributed by atoms with Crippen LogP contribution in [0.25, 0.3) is 0 Å². The largest absolute Gasteiger partial charge is 0.496 e. The number of nitrogens with zero attached hydrogens (tertiary/aromatic N) is 2. The minimum absolute atomic E-state index is 0. The number of methoxy groups -OCH3 is 1. The zero-order valence-electron chi connectivity index (χ0n) is 13.8. The standard InChI is InChI=1S/C16H27N3O.HI/c1-6-7-10-19(4)16(17-3)18-12-14-9-8-13(2)15(11-14)20-5;/h8-9,11H,6-7,10,12H2,1-5H3,(H,17,18);1H. The zero-order chi connectivity index (χ0) is 15.0. The van der Waals surface area contributed by atoms with Crippen molar-refractivity contribution in [3.05, 3.63) is 29.3 Å². The Morgan fingerprint density at radius 1 is 1.38 bits per heavy atom. The molecule has 1 aromatic carbocycles. The predicted molar refractivity (Wildman–Crippen MR) is 101 cm³/mol. The van der Waals surface area contributed by atoms with Crippen LogP contribution in [0.15, 0.2) is 23.2 Å². The van der Waals surface area contributed by atoms with Gasteiger partial charge in [0.1, 0.15) is 5.75 Å². The molecule has 0 bridgehead atoms. The average molecular weight is 405 g/mol. The first-order valence-electron chi connectivity index (χ1n) is 7.17. The van der Waals surface area contributed by atoms with E-state index in [9.17, 15) is 0 Å². The maximum absolute atomic E-state index is 5.35. The molecule has 0 atom stereocenters. The van der Waals surface area contributed by atoms with Gasteiger partial charge in [0, 0.05) is 27.2 Å². The van der Waals surface area contributed by atoms with E-state index in [0.717, 1.165) is 30.4 Å². The number of hydrogen-bond donors (Lipinski definition) is 1. The molecule has 0 spiro atoms. The van der Waals surface area contributed by atoms with Crippen LogP contribution in [0.1, 0.15) is 30.9 Å². The van der Waals surface area contributed by atoms with E-state index < -0.39 is 0 Å². The number of rotatable bonds is 6. The van der Waals surface area contributed by atoms with E-state index in [4.69, 9.17) is 4.74 Å². The molecule has 0 fully saturated rings. The van der Waals surface area contributed by atoms with Gasteiger partial charge >= 0.3 is 0 Å². The molecule has 1 aromatic rings. The fourth-order valence-electron chi connectivity index (χ4n) is 2.04. The van der Waals surface area contributed by atoms with Crippen molar-refractivity contribution < 1.29 is 4.74 Å². The number of ether oxygens (including phenoxy) is 1. The average Bonchev–Trinajstić information content (AvgIpc) is 2.47. The number of benzene rings is 1. The van der Waals surface area contributed by atoms with E-state index >= 15 is 0 Å². The number of aryl methyl sites for hydroxylation is 1. The van der Waals surface area contributed by atoms with Gasteiger partial charge in [0.05, 0.1) is 7.11 Å². The second kappa shape index (κ2) is 10.7. The fourth-order valence-corrected chi connectivity index (χ4v) is 2.04. The predicted octanol–water partition coefficient (Wildman–Crippen LogP) is 3.43. The van der Waals surface area contributed by atoms with Crippen LogP contribution < -0.4 is 10.1 Å². The van der Waals surface area contributed by atoms with Gasteiger partial charge in [-0.1, -0.05) is 25.5 Å². The highest BCUT2D eigenvalue weighted by Crippen LogP contribution is 2.18. The van der Waals surface area contributed by atoms with Crippen LogP contribution >= 0.6 is 24.0 Å². The molecular weight excluding hydrogens is 377 g/mol. The minimum atomic E-state index is 0. The lowest BCUT2D eigenvalue weighted by Crippen LogP contribution is -2.38. The monoisotopic (exact) mass is 405 g/mol. The lowest BCUT2D eigenvalue weighted by molar-refractivity contribution is 0.411. The third kappa shape index (κ3) is 6.54. The Kier molecular flexibility index (Phi) is 10.2. The van der Waals surface area contributed by atoms with Crippen LogP contribution in [-0.4, -0.2) is 38.6 Å². The number of halogens is 1. The molecular formula is C16H28IN3O. The van der Waals surface area contributed by atoms with Crippen LogP contribution in [0.5, 0.6) is 5.75 Å². The summed E-state index contributed by atoms with van der Waals surface area (Å²) in [5.74, 6) is 1.86. The Morgan fingerprint density at radius 3 is 2.67 bits per heavy atom. The normalized spacial score (nSPS) is 10.8. The third-order valence-corrected chi connectivity index (χ3v) is 3.34. The van der Waals surface area contributed by atoms with Crippen LogP contribution in [0.4, 0.5) is 0 Å². The summed E-state index contributed by atoms with van der Waals surface area (Å²) in [4.78, 5) is 6.48. The van der Waals surface area contributed by atoms with Gasteiger partial charge in [-0.25, -0.2) is 0 Å². The molecule has 0 heterocycles. The van der Waals surface area contributed by atoms with Gasteiger partial charge < -0.3 is 15.0 Å². The molecule has 0 aliphatic carbocycles. The van der Waals surface area contributed by atoms with Crippen LogP contribution in [-0.2, 0) is 6.54 Å². The highest BCUT2D eigenvalue weighted by atomic mass is 127. The molecule has 4 nitrogen and oxygen atoms in total. The zero-order valence-corrected chi connectivity index (χ0v) is 16.1. The summed E-state index contributed by atoms with van der Waals surface area (Å²) in [5.41, 5.74) is 2.35. The molecule has 0 saturated carbocycles. The van der Waals surface area contributed by atoms with Crippen molar-refractivity contribution in [3.63, 3.8) is 0 Å². The molecule has 0 radical (unpaired) electrons. The van der Waals surface area contributed by atoms with Crippen molar-refractivity contribution in [2.75, 3.05) is 27.7 Å². The van der Waals surface area contributed by atoms with Gasteiger partial charge in [-0.05, 0) is 30.5 Å². The molecule has 0 aliphatic heterocycles. The second-order valence-corrected chi connectivity index (χ2v) is 4.98. The minimum Gasteiger partial charge on any atom is -0.496 e. The molecule has 0 aliphatic rings. The first-order valence-corrected chi connectivity index (χ1v) is 7.17. The Bertz CT molecular complexity index is 449. The molecule has 21 heavy (non-hydrogen) atoms. The maximum atomic E-state index is 5.35. The Labute approximate surface area is 146 Å². The topological polar surface area (TPSA) is 36.9 Å². The fraction of sp³-hybridized carbons (Fsp3) is 0.562. The van der Waals surface area contributed by atoms with E-state index in [-0.39, 0.29) is 24.0 Å². The van der Waals surface area contributed by atoms with E-state index in [2.05, 4.69) is 47.4 Å². The molecule has 5 heteroatoms. The SMILES string of the molecule is CCCCN(C)C(=NC)NCc1ccc(C)c(OC)c1.I. The number of guanidine groups is 1. The summed E-state index contributed by atoms with van der Waals surface area (Å²) in [6.07, 6.45) is 2.37. The van der Waals surface area contributed by atoms with Crippen LogP contribution in [0.2, 0.25) is 0 Å². The summed E-state index contributed by atoms with van der Waals surface area (Å²) < 4.78 is 5.35. The van der Waals surface area contributed by atoms with Gasteiger partial charge in [0.2, 0.25) is 0 Å². The Balaban J connectivity index is 0.00000400. The lowest BCUT2D eigenvalue weighted by Gasteiger charge is -2.22. The molecule has 120 valence electrons. The van der Waals surface area contributed by atoms with E-state index in [1.165, 1.54) is 18.4 Å². The molecule has 0 saturated heterocycles. The first kappa shape index (κ1) is 20.0. The van der Waals surface area contributed by atoms with Crippen molar-refractivity contribution in [1.82, 2.24) is 10.2 Å². The molecule has 0 aromatic heterocycles. The Morgan fingerprint density at radius 2 is 2.10 bits per heavy atom. The van der Waals surface area contributed by atoms with Crippen molar-refractivity contribution in [1.29, 1.82) is 0 Å². The number of nitrogens with one attached hydrogen (secondary N) is 1. The molecule has 1 rings (SSSR count). The van der Waals surface area contributed by atoms with Crippen molar-refractivity contribution in [3.8, 4) is 5.75 Å². The molecule has 0 amide bonds. The first-order chi connectivity index (χ1) is 9.62. The molecule has 0 unspecified atom stereocenters. The smallest absolute Gasteiger partial charge is 0.193 e. The number of hydrogen-bond acceptors (Lipinski definition) is 2. The van der Waals surface area contributed by atoms with E-state index in [0.29, 0.717) is 0 Å². The lowest BCUT2D eigenvalue weighted by atomic mass is 10.1.